The maximum Gasteiger partial charge on any atom is 0.320 e. The minimum Gasteiger partial charge on any atom is -0.396 e. The Labute approximate surface area is 143 Å². The average molecular weight is 348 g/mol. The molecule has 2 aromatic rings. The first-order valence-corrected chi connectivity index (χ1v) is 7.82. The first kappa shape index (κ1) is 17.1. The Balaban J connectivity index is 1.68. The van der Waals surface area contributed by atoms with Gasteiger partial charge in [-0.15, -0.1) is 0 Å². The van der Waals surface area contributed by atoms with E-state index in [0.717, 1.165) is 12.1 Å². The van der Waals surface area contributed by atoms with Gasteiger partial charge in [0.1, 0.15) is 17.5 Å². The molecule has 1 aliphatic rings. The zero-order valence-corrected chi connectivity index (χ0v) is 13.5. The van der Waals surface area contributed by atoms with E-state index in [0.29, 0.717) is 12.2 Å². The number of anilines is 1. The van der Waals surface area contributed by atoms with E-state index in [4.69, 9.17) is 5.11 Å². The van der Waals surface area contributed by atoms with E-state index < -0.39 is 17.7 Å². The Morgan fingerprint density at radius 1 is 1.36 bits per heavy atom. The third-order valence-electron chi connectivity index (χ3n) is 4.05. The van der Waals surface area contributed by atoms with Crippen molar-refractivity contribution in [2.24, 2.45) is 13.0 Å². The second kappa shape index (κ2) is 7.02. The van der Waals surface area contributed by atoms with Crippen molar-refractivity contribution >= 4 is 11.8 Å². The van der Waals surface area contributed by atoms with Crippen LogP contribution in [0.1, 0.15) is 6.42 Å². The largest absolute Gasteiger partial charge is 0.396 e. The smallest absolute Gasteiger partial charge is 0.320 e. The van der Waals surface area contributed by atoms with Gasteiger partial charge in [-0.25, -0.2) is 13.6 Å². The second-order valence-corrected chi connectivity index (χ2v) is 5.93. The van der Waals surface area contributed by atoms with Crippen molar-refractivity contribution < 1.29 is 18.7 Å². The van der Waals surface area contributed by atoms with Gasteiger partial charge >= 0.3 is 6.03 Å². The van der Waals surface area contributed by atoms with E-state index in [-0.39, 0.29) is 29.8 Å². The fourth-order valence-electron chi connectivity index (χ4n) is 2.75. The lowest BCUT2D eigenvalue weighted by atomic mass is 10.1. The number of carbonyl (C=O) groups is 1. The number of benzene rings is 1. The molecule has 1 aromatic heterocycles. The molecule has 3 rings (SSSR count). The van der Waals surface area contributed by atoms with E-state index in [1.54, 1.807) is 7.05 Å². The van der Waals surface area contributed by atoms with Gasteiger partial charge in [0.05, 0.1) is 5.69 Å². The number of hydrogen-bond donors (Lipinski definition) is 3. The lowest BCUT2D eigenvalue weighted by Crippen LogP contribution is -2.36. The van der Waals surface area contributed by atoms with Gasteiger partial charge in [0.25, 0.3) is 0 Å². The number of rotatable bonds is 4. The monoisotopic (exact) mass is 348 g/mol. The second-order valence-electron chi connectivity index (χ2n) is 5.93. The zero-order chi connectivity index (χ0) is 18.0. The van der Waals surface area contributed by atoms with Gasteiger partial charge < -0.3 is 10.4 Å². The molecule has 0 aliphatic heterocycles. The van der Waals surface area contributed by atoms with E-state index in [1.165, 1.54) is 16.8 Å². The topological polar surface area (TPSA) is 79.2 Å². The van der Waals surface area contributed by atoms with Gasteiger partial charge in [-0.05, 0) is 18.6 Å². The molecular weight excluding hydrogens is 330 g/mol. The molecule has 2 amide bonds. The van der Waals surface area contributed by atoms with Crippen LogP contribution in [0, 0.1) is 17.6 Å². The summed E-state index contributed by atoms with van der Waals surface area (Å²) < 4.78 is 28.3. The number of halogens is 2. The summed E-state index contributed by atoms with van der Waals surface area (Å²) in [7, 11) is 1.61. The molecular formula is C17H18F2N4O2. The SMILES string of the molecule is Cn1nc(-c2ccc(F)cc2F)cc1NC(=O)N[C@@H]1C=C[C@H](CO)C1. The molecule has 0 bridgehead atoms. The van der Waals surface area contributed by atoms with Gasteiger partial charge in [0.15, 0.2) is 0 Å². The van der Waals surface area contributed by atoms with Crippen molar-refractivity contribution in [2.75, 3.05) is 11.9 Å². The Bertz CT molecular complexity index is 819. The summed E-state index contributed by atoms with van der Waals surface area (Å²) >= 11 is 0. The van der Waals surface area contributed by atoms with Crippen LogP contribution in [0.25, 0.3) is 11.3 Å². The molecule has 0 radical (unpaired) electrons. The normalized spacial score (nSPS) is 19.2. The van der Waals surface area contributed by atoms with Crippen molar-refractivity contribution in [2.45, 2.75) is 12.5 Å². The van der Waals surface area contributed by atoms with E-state index in [9.17, 15) is 13.6 Å². The first-order valence-electron chi connectivity index (χ1n) is 7.82. The molecule has 2 atom stereocenters. The van der Waals surface area contributed by atoms with Crippen LogP contribution in [-0.4, -0.2) is 33.6 Å². The predicted molar refractivity (Wildman–Crippen MR) is 88.8 cm³/mol. The summed E-state index contributed by atoms with van der Waals surface area (Å²) in [4.78, 5) is 12.1. The molecule has 1 aromatic carbocycles. The minimum absolute atomic E-state index is 0.0463. The van der Waals surface area contributed by atoms with Crippen molar-refractivity contribution in [3.8, 4) is 11.3 Å². The molecule has 1 aliphatic carbocycles. The number of nitrogens with one attached hydrogen (secondary N) is 2. The number of aliphatic hydroxyl groups excluding tert-OH is 1. The molecule has 132 valence electrons. The van der Waals surface area contributed by atoms with Gasteiger partial charge in [0.2, 0.25) is 0 Å². The first-order chi connectivity index (χ1) is 12.0. The van der Waals surface area contributed by atoms with Crippen molar-refractivity contribution in [1.29, 1.82) is 0 Å². The van der Waals surface area contributed by atoms with Crippen LogP contribution in [-0.2, 0) is 7.05 Å². The van der Waals surface area contributed by atoms with Crippen LogP contribution in [0.15, 0.2) is 36.4 Å². The third kappa shape index (κ3) is 3.85. The number of aryl methyl sites for hydroxylation is 1. The lowest BCUT2D eigenvalue weighted by Gasteiger charge is -2.13. The Morgan fingerprint density at radius 3 is 2.84 bits per heavy atom. The Hall–Kier alpha value is -2.74. The molecule has 6 nitrogen and oxygen atoms in total. The molecule has 0 fully saturated rings. The van der Waals surface area contributed by atoms with E-state index in [1.807, 2.05) is 12.2 Å². The maximum absolute atomic E-state index is 13.9. The van der Waals surface area contributed by atoms with Crippen molar-refractivity contribution in [1.82, 2.24) is 15.1 Å². The van der Waals surface area contributed by atoms with Gasteiger partial charge in [-0.1, -0.05) is 12.2 Å². The van der Waals surface area contributed by atoms with Crippen LogP contribution in [0.4, 0.5) is 19.4 Å². The number of aliphatic hydroxyl groups is 1. The van der Waals surface area contributed by atoms with Crippen LogP contribution < -0.4 is 10.6 Å². The summed E-state index contributed by atoms with van der Waals surface area (Å²) in [6.07, 6.45) is 4.34. The minimum atomic E-state index is -0.722. The molecule has 0 saturated heterocycles. The quantitative estimate of drug-likeness (QED) is 0.743. The van der Waals surface area contributed by atoms with Crippen LogP contribution in [0.3, 0.4) is 0 Å². The number of hydrogen-bond acceptors (Lipinski definition) is 3. The van der Waals surface area contributed by atoms with Gasteiger partial charge in [-0.2, -0.15) is 5.10 Å². The third-order valence-corrected chi connectivity index (χ3v) is 4.05. The van der Waals surface area contributed by atoms with E-state index >= 15 is 0 Å². The molecule has 1 heterocycles. The van der Waals surface area contributed by atoms with E-state index in [2.05, 4.69) is 15.7 Å². The molecule has 0 spiro atoms. The van der Waals surface area contributed by atoms with Crippen LogP contribution >= 0.6 is 0 Å². The van der Waals surface area contributed by atoms with Gasteiger partial charge in [0, 0.05) is 43.3 Å². The van der Waals surface area contributed by atoms with Gasteiger partial charge in [-0.3, -0.25) is 10.00 Å². The Morgan fingerprint density at radius 2 is 2.16 bits per heavy atom. The van der Waals surface area contributed by atoms with Crippen molar-refractivity contribution in [3.05, 3.63) is 48.1 Å². The summed E-state index contributed by atoms with van der Waals surface area (Å²) in [5, 5.41) is 18.7. The molecule has 25 heavy (non-hydrogen) atoms. The molecule has 0 saturated carbocycles. The highest BCUT2D eigenvalue weighted by Crippen LogP contribution is 2.25. The fourth-order valence-corrected chi connectivity index (χ4v) is 2.75. The predicted octanol–water partition coefficient (Wildman–Crippen LogP) is 2.42. The van der Waals surface area contributed by atoms with Crippen LogP contribution in [0.5, 0.6) is 0 Å². The highest BCUT2D eigenvalue weighted by molar-refractivity contribution is 5.89. The number of aromatic nitrogens is 2. The number of carbonyl (C=O) groups excluding carboxylic acids is 1. The highest BCUT2D eigenvalue weighted by Gasteiger charge is 2.20. The summed E-state index contributed by atoms with van der Waals surface area (Å²) in [5.74, 6) is -0.965. The summed E-state index contributed by atoms with van der Waals surface area (Å²) in [6, 6.07) is 4.17. The van der Waals surface area contributed by atoms with Crippen LogP contribution in [0.2, 0.25) is 0 Å². The maximum atomic E-state index is 13.9. The van der Waals surface area contributed by atoms with Crippen molar-refractivity contribution in [3.63, 3.8) is 0 Å². The highest BCUT2D eigenvalue weighted by atomic mass is 19.1. The lowest BCUT2D eigenvalue weighted by molar-refractivity contribution is 0.238. The number of urea groups is 1. The zero-order valence-electron chi connectivity index (χ0n) is 13.5. The summed E-state index contributed by atoms with van der Waals surface area (Å²) in [6.45, 7) is 0.0463. The average Bonchev–Trinajstić information content (AvgIpc) is 3.14. The fraction of sp³-hybridized carbons (Fsp3) is 0.294. The number of amides is 2. The molecule has 3 N–H and O–H groups in total. The summed E-state index contributed by atoms with van der Waals surface area (Å²) in [5.41, 5.74) is 0.436. The molecule has 8 heteroatoms. The number of nitrogens with zero attached hydrogens (tertiary/aromatic N) is 2. The Kier molecular flexibility index (Phi) is 4.80. The molecule has 0 unspecified atom stereocenters. The standard InChI is InChI=1S/C17H18F2N4O2/c1-23-16(21-17(25)20-12-4-2-10(6-12)9-24)8-15(22-23)13-5-3-11(18)7-14(13)19/h2-5,7-8,10,12,24H,6,9H2,1H3,(H2,20,21,25)/t10-,12+/m0/s1.